The Balaban J connectivity index is 1.75. The molecule has 0 radical (unpaired) electrons. The molecule has 0 saturated heterocycles. The van der Waals surface area contributed by atoms with E-state index in [0.717, 1.165) is 11.9 Å². The highest BCUT2D eigenvalue weighted by atomic mass is 35.5. The Morgan fingerprint density at radius 3 is 2.68 bits per heavy atom. The highest BCUT2D eigenvalue weighted by Crippen LogP contribution is 2.42. The number of aliphatic imine (C=N–C) groups is 1. The number of hydrogen-bond donors (Lipinski definition) is 3. The van der Waals surface area contributed by atoms with Crippen molar-refractivity contribution in [1.29, 1.82) is 0 Å². The zero-order valence-corrected chi connectivity index (χ0v) is 16.0. The Morgan fingerprint density at radius 1 is 1.14 bits per heavy atom. The average Bonchev–Trinajstić information content (AvgIpc) is 2.83. The number of rotatable bonds is 1. The molecule has 2 aromatic carbocycles. The van der Waals surface area contributed by atoms with Crippen molar-refractivity contribution in [2.75, 3.05) is 18.5 Å². The number of nitrogens with zero attached hydrogens (tertiary/aromatic N) is 3. The summed E-state index contributed by atoms with van der Waals surface area (Å²) in [6.07, 6.45) is 0.0967. The second kappa shape index (κ2) is 6.35. The van der Waals surface area contributed by atoms with Crippen molar-refractivity contribution in [2.45, 2.75) is 12.6 Å². The van der Waals surface area contributed by atoms with Crippen LogP contribution in [0.25, 0.3) is 11.0 Å². The van der Waals surface area contributed by atoms with E-state index in [1.807, 2.05) is 16.7 Å². The number of aromatic nitrogens is 2. The largest absolute Gasteiger partial charge is 0.506 e. The van der Waals surface area contributed by atoms with Gasteiger partial charge in [-0.05, 0) is 12.1 Å². The van der Waals surface area contributed by atoms with Crippen LogP contribution in [0.1, 0.15) is 18.2 Å². The van der Waals surface area contributed by atoms with E-state index in [-0.39, 0.29) is 16.7 Å². The maximum atomic E-state index is 10.5. The second-order valence-electron chi connectivity index (χ2n) is 6.48. The number of imidazole rings is 1. The smallest absolute Gasteiger partial charge is 0.212 e. The number of guanidine groups is 1. The number of ether oxygens (including phenoxy) is 2. The van der Waals surface area contributed by atoms with Gasteiger partial charge in [-0.25, -0.2) is 9.98 Å². The van der Waals surface area contributed by atoms with E-state index >= 15 is 0 Å². The molecule has 28 heavy (non-hydrogen) atoms. The van der Waals surface area contributed by atoms with Gasteiger partial charge in [0.2, 0.25) is 5.95 Å². The number of hydrogen-bond acceptors (Lipinski definition) is 7. The molecule has 0 aliphatic carbocycles. The number of aromatic hydroxyl groups is 1. The van der Waals surface area contributed by atoms with E-state index in [9.17, 15) is 5.11 Å². The van der Waals surface area contributed by atoms with Gasteiger partial charge in [-0.2, -0.15) is 0 Å². The van der Waals surface area contributed by atoms with Crippen LogP contribution < -0.4 is 20.5 Å². The third kappa shape index (κ3) is 2.68. The summed E-state index contributed by atoms with van der Waals surface area (Å²) in [6, 6.07) is 6.74. The minimum absolute atomic E-state index is 0.114. The predicted molar refractivity (Wildman–Crippen MR) is 107 cm³/mol. The fourth-order valence-electron chi connectivity index (χ4n) is 3.42. The quantitative estimate of drug-likeness (QED) is 0.557. The molecule has 0 spiro atoms. The van der Waals surface area contributed by atoms with Gasteiger partial charge in [-0.15, -0.1) is 0 Å². The number of phenolic OH excluding ortho intramolecular Hbond substituents is 1. The zero-order valence-electron chi connectivity index (χ0n) is 14.4. The van der Waals surface area contributed by atoms with E-state index in [0.29, 0.717) is 46.8 Å². The van der Waals surface area contributed by atoms with Crippen molar-refractivity contribution >= 4 is 46.1 Å². The lowest BCUT2D eigenvalue weighted by atomic mass is 10.1. The molecule has 2 aliphatic heterocycles. The molecule has 0 fully saturated rings. The molecule has 0 bridgehead atoms. The van der Waals surface area contributed by atoms with Crippen LogP contribution in [0.4, 0.5) is 5.95 Å². The molecular weight excluding hydrogens is 405 g/mol. The van der Waals surface area contributed by atoms with Gasteiger partial charge in [-0.3, -0.25) is 9.88 Å². The molecule has 5 rings (SSSR count). The Bertz CT molecular complexity index is 1140. The van der Waals surface area contributed by atoms with Crippen LogP contribution in [-0.2, 0) is 0 Å². The lowest BCUT2D eigenvalue weighted by molar-refractivity contribution is 0.297. The molecule has 3 heterocycles. The molecule has 2 aliphatic rings. The molecular formula is C18H15Cl2N5O3. The summed E-state index contributed by atoms with van der Waals surface area (Å²) in [5.74, 6) is 1.79. The maximum Gasteiger partial charge on any atom is 0.212 e. The number of fused-ring (bicyclic) bond motifs is 4. The fourth-order valence-corrected chi connectivity index (χ4v) is 3.92. The summed E-state index contributed by atoms with van der Waals surface area (Å²) in [7, 11) is 0. The predicted octanol–water partition coefficient (Wildman–Crippen LogP) is 3.50. The molecule has 0 amide bonds. The topological polar surface area (TPSA) is 107 Å². The van der Waals surface area contributed by atoms with Gasteiger partial charge >= 0.3 is 0 Å². The van der Waals surface area contributed by atoms with E-state index < -0.39 is 6.17 Å². The second-order valence-corrected chi connectivity index (χ2v) is 7.33. The van der Waals surface area contributed by atoms with Crippen LogP contribution in [0.15, 0.2) is 29.3 Å². The first-order valence-electron chi connectivity index (χ1n) is 8.61. The van der Waals surface area contributed by atoms with Gasteiger partial charge < -0.3 is 20.3 Å². The summed E-state index contributed by atoms with van der Waals surface area (Å²) in [6.45, 7) is 1.15. The zero-order chi connectivity index (χ0) is 19.4. The average molecular weight is 420 g/mol. The first-order valence-corrected chi connectivity index (χ1v) is 9.36. The fraction of sp³-hybridized carbons (Fsp3) is 0.222. The van der Waals surface area contributed by atoms with Crippen molar-refractivity contribution in [3.8, 4) is 17.2 Å². The number of anilines is 1. The van der Waals surface area contributed by atoms with Gasteiger partial charge in [0.1, 0.15) is 5.75 Å². The number of phenols is 1. The Hall–Kier alpha value is -2.84. The van der Waals surface area contributed by atoms with E-state index in [1.54, 1.807) is 6.07 Å². The lowest BCUT2D eigenvalue weighted by Crippen LogP contribution is -2.31. The normalized spacial score (nSPS) is 18.2. The first kappa shape index (κ1) is 17.3. The van der Waals surface area contributed by atoms with Crippen molar-refractivity contribution in [2.24, 2.45) is 10.7 Å². The van der Waals surface area contributed by atoms with E-state index in [1.165, 1.54) is 6.07 Å². The van der Waals surface area contributed by atoms with Crippen molar-refractivity contribution < 1.29 is 14.6 Å². The third-order valence-electron chi connectivity index (χ3n) is 4.64. The van der Waals surface area contributed by atoms with E-state index in [4.69, 9.17) is 38.4 Å². The maximum absolute atomic E-state index is 10.5. The van der Waals surface area contributed by atoms with Crippen LogP contribution in [0.2, 0.25) is 10.0 Å². The van der Waals surface area contributed by atoms with Crippen LogP contribution >= 0.6 is 23.2 Å². The monoisotopic (exact) mass is 419 g/mol. The molecule has 10 heteroatoms. The minimum atomic E-state index is -0.706. The number of nitrogens with one attached hydrogen (secondary N) is 1. The molecule has 3 aromatic rings. The van der Waals surface area contributed by atoms with Crippen molar-refractivity contribution in [3.05, 3.63) is 39.9 Å². The minimum Gasteiger partial charge on any atom is -0.506 e. The standard InChI is InChI=1S/C18H15Cl2N5O3/c19-8-4-9(15(26)10(20)5-8)16-23-17(21)24-18-22-11-6-13-14(7-12(11)25(16)18)28-3-1-2-27-13/h4-7,16,26H,1-3H2,(H3,21,22,23,24)/t16-/m1/s1. The van der Waals surface area contributed by atoms with Gasteiger partial charge in [0.05, 0.1) is 29.3 Å². The SMILES string of the molecule is NC1=N[C@@H](c2cc(Cl)cc(Cl)c2O)n2c(nc3cc4c(cc32)OCCCO4)N1. The molecule has 1 atom stereocenters. The number of nitrogens with two attached hydrogens (primary N) is 1. The van der Waals surface area contributed by atoms with Crippen LogP contribution in [0, 0.1) is 0 Å². The van der Waals surface area contributed by atoms with Gasteiger partial charge in [-0.1, -0.05) is 23.2 Å². The summed E-state index contributed by atoms with van der Waals surface area (Å²) < 4.78 is 13.4. The van der Waals surface area contributed by atoms with Gasteiger partial charge in [0, 0.05) is 29.1 Å². The molecule has 0 unspecified atom stereocenters. The van der Waals surface area contributed by atoms with Crippen LogP contribution in [0.3, 0.4) is 0 Å². The highest BCUT2D eigenvalue weighted by Gasteiger charge is 2.29. The number of halogens is 2. The van der Waals surface area contributed by atoms with Crippen LogP contribution in [0.5, 0.6) is 17.2 Å². The highest BCUT2D eigenvalue weighted by molar-refractivity contribution is 6.35. The van der Waals surface area contributed by atoms with Crippen LogP contribution in [-0.4, -0.2) is 33.8 Å². The Labute approximate surface area is 169 Å². The molecule has 144 valence electrons. The summed E-state index contributed by atoms with van der Waals surface area (Å²) in [4.78, 5) is 9.05. The summed E-state index contributed by atoms with van der Waals surface area (Å²) in [5.41, 5.74) is 7.78. The lowest BCUT2D eigenvalue weighted by Gasteiger charge is -2.25. The molecule has 0 saturated carbocycles. The number of benzene rings is 2. The van der Waals surface area contributed by atoms with Gasteiger partial charge in [0.25, 0.3) is 0 Å². The third-order valence-corrected chi connectivity index (χ3v) is 5.15. The molecule has 8 nitrogen and oxygen atoms in total. The van der Waals surface area contributed by atoms with Crippen molar-refractivity contribution in [1.82, 2.24) is 9.55 Å². The first-order chi connectivity index (χ1) is 13.5. The van der Waals surface area contributed by atoms with E-state index in [2.05, 4.69) is 15.3 Å². The molecule has 4 N–H and O–H groups in total. The molecule has 1 aromatic heterocycles. The van der Waals surface area contributed by atoms with Gasteiger partial charge in [0.15, 0.2) is 23.6 Å². The van der Waals surface area contributed by atoms with Crippen molar-refractivity contribution in [3.63, 3.8) is 0 Å². The summed E-state index contributed by atoms with van der Waals surface area (Å²) >= 11 is 12.3. The summed E-state index contributed by atoms with van der Waals surface area (Å²) in [5, 5.41) is 14.0. The Morgan fingerprint density at radius 2 is 1.89 bits per heavy atom. The Kier molecular flexibility index (Phi) is 3.92.